The zero-order chi connectivity index (χ0) is 18.2. The molecule has 0 fully saturated rings. The molecule has 2 aromatic rings. The summed E-state index contributed by atoms with van der Waals surface area (Å²) in [5.74, 6) is 0.380. The molecular formula is C17H16N2O6. The van der Waals surface area contributed by atoms with E-state index < -0.39 is 9.85 Å². The summed E-state index contributed by atoms with van der Waals surface area (Å²) in [4.78, 5) is 20.6. The zero-order valence-corrected chi connectivity index (χ0v) is 13.5. The van der Waals surface area contributed by atoms with Crippen LogP contribution in [0.15, 0.2) is 48.7 Å². The van der Waals surface area contributed by atoms with Gasteiger partial charge in [-0.2, -0.15) is 0 Å². The molecule has 0 saturated carbocycles. The third kappa shape index (κ3) is 4.77. The minimum absolute atomic E-state index is 0.0106. The second-order valence-corrected chi connectivity index (χ2v) is 4.89. The van der Waals surface area contributed by atoms with Crippen molar-refractivity contribution in [2.24, 2.45) is 0 Å². The van der Waals surface area contributed by atoms with E-state index in [1.165, 1.54) is 12.1 Å². The Balaban J connectivity index is 2.48. The average Bonchev–Trinajstić information content (AvgIpc) is 2.59. The van der Waals surface area contributed by atoms with Gasteiger partial charge in [0.25, 0.3) is 5.69 Å². The summed E-state index contributed by atoms with van der Waals surface area (Å²) in [6, 6.07) is 11.9. The van der Waals surface area contributed by atoms with E-state index in [0.29, 0.717) is 12.8 Å². The quantitative estimate of drug-likeness (QED) is 0.532. The van der Waals surface area contributed by atoms with Crippen molar-refractivity contribution in [1.29, 1.82) is 0 Å². The number of benzene rings is 2. The lowest BCUT2D eigenvalue weighted by Gasteiger charge is -2.14. The molecule has 0 unspecified atom stereocenters. The highest BCUT2D eigenvalue weighted by molar-refractivity contribution is 5.71. The molecule has 25 heavy (non-hydrogen) atoms. The molecule has 0 bridgehead atoms. The molecule has 2 rings (SSSR count). The van der Waals surface area contributed by atoms with Crippen molar-refractivity contribution in [3.05, 3.63) is 80.0 Å². The largest absolute Gasteiger partial charge is 0.490 e. The lowest BCUT2D eigenvalue weighted by atomic mass is 10.1. The van der Waals surface area contributed by atoms with Crippen molar-refractivity contribution in [1.82, 2.24) is 0 Å². The molecule has 0 aromatic heterocycles. The van der Waals surface area contributed by atoms with Crippen LogP contribution in [0, 0.1) is 20.2 Å². The predicted octanol–water partition coefficient (Wildman–Crippen LogP) is 3.82. The molecule has 0 N–H and O–H groups in total. The molecule has 0 spiro atoms. The molecule has 8 nitrogen and oxygen atoms in total. The highest BCUT2D eigenvalue weighted by Crippen LogP contribution is 2.39. The van der Waals surface area contributed by atoms with Crippen LogP contribution in [0.3, 0.4) is 0 Å². The maximum atomic E-state index is 11.3. The van der Waals surface area contributed by atoms with Crippen LogP contribution in [0.5, 0.6) is 11.5 Å². The Morgan fingerprint density at radius 3 is 2.36 bits per heavy atom. The Bertz CT molecular complexity index is 789. The summed E-state index contributed by atoms with van der Waals surface area (Å²) in [5.41, 5.74) is 0.536. The fourth-order valence-corrected chi connectivity index (χ4v) is 2.17. The number of rotatable bonds is 8. The van der Waals surface area contributed by atoms with E-state index in [-0.39, 0.29) is 29.4 Å². The van der Waals surface area contributed by atoms with Gasteiger partial charge < -0.3 is 9.47 Å². The summed E-state index contributed by atoms with van der Waals surface area (Å²) in [7, 11) is 0. The predicted molar refractivity (Wildman–Crippen MR) is 91.1 cm³/mol. The van der Waals surface area contributed by atoms with Gasteiger partial charge in [0, 0.05) is 12.1 Å². The van der Waals surface area contributed by atoms with E-state index in [9.17, 15) is 20.2 Å². The minimum atomic E-state index is -0.696. The topological polar surface area (TPSA) is 105 Å². The fourth-order valence-electron chi connectivity index (χ4n) is 2.17. The molecule has 0 radical (unpaired) electrons. The number of ether oxygens (including phenoxy) is 2. The summed E-state index contributed by atoms with van der Waals surface area (Å²) >= 11 is 0. The number of nitro groups is 2. The van der Waals surface area contributed by atoms with E-state index in [4.69, 9.17) is 9.47 Å². The van der Waals surface area contributed by atoms with Gasteiger partial charge in [-0.25, -0.2) is 0 Å². The molecule has 2 aromatic carbocycles. The van der Waals surface area contributed by atoms with Gasteiger partial charge in [-0.05, 0) is 18.6 Å². The molecular weight excluding hydrogens is 328 g/mol. The van der Waals surface area contributed by atoms with Crippen LogP contribution in [-0.2, 0) is 6.61 Å². The molecule has 0 amide bonds. The number of nitrogens with zero attached hydrogens (tertiary/aromatic N) is 2. The normalized spacial score (nSPS) is 10.6. The summed E-state index contributed by atoms with van der Waals surface area (Å²) in [5, 5.41) is 21.9. The smallest absolute Gasteiger partial charge is 0.280 e. The van der Waals surface area contributed by atoms with E-state index in [1.54, 1.807) is 6.92 Å². The zero-order valence-electron chi connectivity index (χ0n) is 13.5. The van der Waals surface area contributed by atoms with Gasteiger partial charge in [0.1, 0.15) is 12.2 Å². The molecule has 0 aliphatic heterocycles. The molecule has 0 atom stereocenters. The van der Waals surface area contributed by atoms with Gasteiger partial charge in [-0.15, -0.1) is 0 Å². The van der Waals surface area contributed by atoms with Gasteiger partial charge >= 0.3 is 0 Å². The second kappa shape index (κ2) is 8.44. The molecule has 0 saturated heterocycles. The van der Waals surface area contributed by atoms with Crippen molar-refractivity contribution in [3.8, 4) is 11.5 Å². The van der Waals surface area contributed by atoms with Crippen LogP contribution in [-0.4, -0.2) is 16.5 Å². The van der Waals surface area contributed by atoms with Crippen LogP contribution < -0.4 is 9.47 Å². The number of nitro benzene ring substituents is 1. The summed E-state index contributed by atoms with van der Waals surface area (Å²) in [6.07, 6.45) is 1.68. The highest BCUT2D eigenvalue weighted by atomic mass is 16.6. The lowest BCUT2D eigenvalue weighted by molar-refractivity contribution is -0.401. The van der Waals surface area contributed by atoms with E-state index in [1.807, 2.05) is 30.3 Å². The first-order chi connectivity index (χ1) is 12.0. The Hall–Kier alpha value is -3.42. The van der Waals surface area contributed by atoms with Crippen LogP contribution in [0.4, 0.5) is 5.69 Å². The minimum Gasteiger partial charge on any atom is -0.490 e. The Labute approximate surface area is 143 Å². The molecule has 0 aliphatic rings. The monoisotopic (exact) mass is 344 g/mol. The third-order valence-electron chi connectivity index (χ3n) is 3.22. The Morgan fingerprint density at radius 2 is 1.76 bits per heavy atom. The van der Waals surface area contributed by atoms with Crippen molar-refractivity contribution in [2.45, 2.75) is 13.5 Å². The van der Waals surface area contributed by atoms with Crippen molar-refractivity contribution >= 4 is 11.8 Å². The average molecular weight is 344 g/mol. The van der Waals surface area contributed by atoms with Gasteiger partial charge in [0.15, 0.2) is 11.5 Å². The van der Waals surface area contributed by atoms with Gasteiger partial charge in [-0.1, -0.05) is 30.3 Å². The van der Waals surface area contributed by atoms with Crippen molar-refractivity contribution in [3.63, 3.8) is 0 Å². The standard InChI is InChI=1S/C17H16N2O6/c1-2-24-16-9-8-15(19(22)23)14(10-11-18(20)21)17(16)25-12-13-6-4-3-5-7-13/h3-11H,2,12H2,1H3. The first-order valence-corrected chi connectivity index (χ1v) is 7.45. The SMILES string of the molecule is CCOc1ccc([N+](=O)[O-])c(C=C[N+](=O)[O-])c1OCc1ccccc1. The van der Waals surface area contributed by atoms with Crippen LogP contribution in [0.25, 0.3) is 6.08 Å². The third-order valence-corrected chi connectivity index (χ3v) is 3.22. The number of hydrogen-bond acceptors (Lipinski definition) is 6. The van der Waals surface area contributed by atoms with Gasteiger partial charge in [-0.3, -0.25) is 20.2 Å². The summed E-state index contributed by atoms with van der Waals surface area (Å²) in [6.45, 7) is 2.22. The fraction of sp³-hybridized carbons (Fsp3) is 0.176. The number of hydrogen-bond donors (Lipinski definition) is 0. The lowest BCUT2D eigenvalue weighted by Crippen LogP contribution is -2.03. The maximum Gasteiger partial charge on any atom is 0.280 e. The second-order valence-electron chi connectivity index (χ2n) is 4.89. The molecule has 8 heteroatoms. The van der Waals surface area contributed by atoms with E-state index in [0.717, 1.165) is 11.6 Å². The van der Waals surface area contributed by atoms with Crippen molar-refractivity contribution < 1.29 is 19.3 Å². The highest BCUT2D eigenvalue weighted by Gasteiger charge is 2.22. The van der Waals surface area contributed by atoms with Crippen molar-refractivity contribution in [2.75, 3.05) is 6.61 Å². The maximum absolute atomic E-state index is 11.3. The molecule has 130 valence electrons. The van der Waals surface area contributed by atoms with E-state index >= 15 is 0 Å². The van der Waals surface area contributed by atoms with Crippen LogP contribution >= 0.6 is 0 Å². The Kier molecular flexibility index (Phi) is 6.05. The van der Waals surface area contributed by atoms with Gasteiger partial charge in [0.2, 0.25) is 6.20 Å². The van der Waals surface area contributed by atoms with Gasteiger partial charge in [0.05, 0.1) is 16.5 Å². The van der Waals surface area contributed by atoms with E-state index in [2.05, 4.69) is 0 Å². The molecule has 0 aliphatic carbocycles. The van der Waals surface area contributed by atoms with Crippen LogP contribution in [0.1, 0.15) is 18.1 Å². The first kappa shape index (κ1) is 17.9. The Morgan fingerprint density at radius 1 is 1.04 bits per heavy atom. The summed E-state index contributed by atoms with van der Waals surface area (Å²) < 4.78 is 11.2. The first-order valence-electron chi connectivity index (χ1n) is 7.45. The molecule has 0 heterocycles. The van der Waals surface area contributed by atoms with Crippen LogP contribution in [0.2, 0.25) is 0 Å².